The lowest BCUT2D eigenvalue weighted by atomic mass is 10.2. The summed E-state index contributed by atoms with van der Waals surface area (Å²) in [6.07, 6.45) is 1.50. The molecule has 0 saturated carbocycles. The predicted molar refractivity (Wildman–Crippen MR) is 120 cm³/mol. The van der Waals surface area contributed by atoms with Crippen LogP contribution in [0.4, 0.5) is 10.5 Å². The first-order chi connectivity index (χ1) is 14.6. The number of hydrogen-bond donors (Lipinski definition) is 2. The number of carbonyl (C=O) groups is 1. The average Bonchev–Trinajstić information content (AvgIpc) is 2.74. The van der Waals surface area contributed by atoms with Gasteiger partial charge >= 0.3 is 6.03 Å². The van der Waals surface area contributed by atoms with Gasteiger partial charge in [0.25, 0.3) is 0 Å². The monoisotopic (exact) mass is 443 g/mol. The summed E-state index contributed by atoms with van der Waals surface area (Å²) in [5.74, 6) is 1.04. The molecule has 3 aromatic rings. The third-order valence-electron chi connectivity index (χ3n) is 4.03. The molecule has 0 aliphatic heterocycles. The smallest absolute Gasteiger partial charge is 0.339 e. The fourth-order valence-electron chi connectivity index (χ4n) is 2.55. The molecule has 154 valence electrons. The molecule has 0 aromatic heterocycles. The van der Waals surface area contributed by atoms with Crippen LogP contribution < -0.4 is 20.2 Å². The van der Waals surface area contributed by atoms with Crippen LogP contribution in [0.5, 0.6) is 11.5 Å². The third-order valence-corrected chi connectivity index (χ3v) is 4.74. The van der Waals surface area contributed by atoms with Crippen molar-refractivity contribution in [3.63, 3.8) is 0 Å². The van der Waals surface area contributed by atoms with Crippen molar-refractivity contribution in [2.24, 2.45) is 5.10 Å². The normalized spacial score (nSPS) is 10.6. The van der Waals surface area contributed by atoms with E-state index in [2.05, 4.69) is 15.8 Å². The number of hydrogen-bond acceptors (Lipinski definition) is 4. The number of rotatable bonds is 7. The highest BCUT2D eigenvalue weighted by atomic mass is 35.5. The molecule has 0 aliphatic rings. The molecule has 3 aromatic carbocycles. The number of nitrogens with one attached hydrogen (secondary N) is 2. The molecule has 0 saturated heterocycles. The van der Waals surface area contributed by atoms with Crippen molar-refractivity contribution < 1.29 is 14.3 Å². The van der Waals surface area contributed by atoms with Crippen molar-refractivity contribution in [1.29, 1.82) is 0 Å². The number of methoxy groups -OCH3 is 1. The van der Waals surface area contributed by atoms with E-state index in [4.69, 9.17) is 32.7 Å². The van der Waals surface area contributed by atoms with Gasteiger partial charge in [0.05, 0.1) is 13.3 Å². The molecule has 2 amide bonds. The molecule has 0 radical (unpaired) electrons. The van der Waals surface area contributed by atoms with Crippen LogP contribution in [0.2, 0.25) is 10.0 Å². The number of benzene rings is 3. The zero-order valence-corrected chi connectivity index (χ0v) is 17.6. The van der Waals surface area contributed by atoms with E-state index in [1.165, 1.54) is 13.3 Å². The van der Waals surface area contributed by atoms with Gasteiger partial charge in [-0.15, -0.1) is 0 Å². The number of hydrazone groups is 1. The molecule has 8 heteroatoms. The van der Waals surface area contributed by atoms with E-state index in [0.29, 0.717) is 32.8 Å². The Morgan fingerprint density at radius 2 is 1.73 bits per heavy atom. The van der Waals surface area contributed by atoms with Gasteiger partial charge in [0.1, 0.15) is 6.61 Å². The Morgan fingerprint density at radius 1 is 1.00 bits per heavy atom. The van der Waals surface area contributed by atoms with Crippen LogP contribution in [0.1, 0.15) is 11.1 Å². The molecular formula is C22H19Cl2N3O3. The molecule has 0 heterocycles. The molecule has 0 aliphatic carbocycles. The van der Waals surface area contributed by atoms with E-state index in [-0.39, 0.29) is 6.61 Å². The van der Waals surface area contributed by atoms with Crippen LogP contribution in [0.3, 0.4) is 0 Å². The van der Waals surface area contributed by atoms with Crippen molar-refractivity contribution in [1.82, 2.24) is 5.43 Å². The van der Waals surface area contributed by atoms with Crippen molar-refractivity contribution in [3.8, 4) is 11.5 Å². The Bertz CT molecular complexity index is 1020. The minimum Gasteiger partial charge on any atom is -0.493 e. The number of carbonyl (C=O) groups excluding carboxylic acids is 1. The molecule has 2 N–H and O–H groups in total. The zero-order chi connectivity index (χ0) is 21.3. The Labute approximate surface area is 184 Å². The summed E-state index contributed by atoms with van der Waals surface area (Å²) in [5.41, 5.74) is 4.50. The first-order valence-electron chi connectivity index (χ1n) is 8.95. The van der Waals surface area contributed by atoms with Crippen molar-refractivity contribution in [2.75, 3.05) is 12.4 Å². The fourth-order valence-corrected chi connectivity index (χ4v) is 3.06. The second-order valence-corrected chi connectivity index (χ2v) is 6.90. The second-order valence-electron chi connectivity index (χ2n) is 6.09. The average molecular weight is 444 g/mol. The summed E-state index contributed by atoms with van der Waals surface area (Å²) in [7, 11) is 1.54. The number of urea groups is 1. The highest BCUT2D eigenvalue weighted by molar-refractivity contribution is 6.35. The maximum atomic E-state index is 11.9. The minimum absolute atomic E-state index is 0.198. The fraction of sp³-hybridized carbons (Fsp3) is 0.0909. The molecule has 0 bridgehead atoms. The van der Waals surface area contributed by atoms with E-state index in [9.17, 15) is 4.79 Å². The summed E-state index contributed by atoms with van der Waals surface area (Å²) < 4.78 is 11.2. The standard InChI is InChI=1S/C22H19Cl2N3O3/c1-29-21-12-15(13-25-27-22(28)26-16-6-3-2-4-7-16)10-11-20(21)30-14-17-18(23)8-5-9-19(17)24/h2-13H,14H2,1H3,(H2,26,27,28)/b25-13+. The topological polar surface area (TPSA) is 72.0 Å². The lowest BCUT2D eigenvalue weighted by Crippen LogP contribution is -2.24. The van der Waals surface area contributed by atoms with Gasteiger partial charge in [-0.05, 0) is 48.0 Å². The van der Waals surface area contributed by atoms with E-state index in [0.717, 1.165) is 5.56 Å². The summed E-state index contributed by atoms with van der Waals surface area (Å²) in [5, 5.41) is 7.68. The van der Waals surface area contributed by atoms with Gasteiger partial charge in [-0.2, -0.15) is 5.10 Å². The minimum atomic E-state index is -0.444. The SMILES string of the molecule is COc1cc(/C=N/NC(=O)Nc2ccccc2)ccc1OCc1c(Cl)cccc1Cl. The lowest BCUT2D eigenvalue weighted by molar-refractivity contribution is 0.252. The summed E-state index contributed by atoms with van der Waals surface area (Å²) in [6, 6.07) is 19.2. The van der Waals surface area contributed by atoms with Gasteiger partial charge in [0.2, 0.25) is 0 Å². The maximum absolute atomic E-state index is 11.9. The van der Waals surface area contributed by atoms with Gasteiger partial charge in [-0.25, -0.2) is 10.2 Å². The van der Waals surface area contributed by atoms with Crippen molar-refractivity contribution in [3.05, 3.63) is 87.9 Å². The highest BCUT2D eigenvalue weighted by Gasteiger charge is 2.10. The number of ether oxygens (including phenoxy) is 2. The maximum Gasteiger partial charge on any atom is 0.339 e. The first kappa shape index (κ1) is 21.5. The van der Waals surface area contributed by atoms with Gasteiger partial charge < -0.3 is 14.8 Å². The van der Waals surface area contributed by atoms with Gasteiger partial charge in [-0.3, -0.25) is 0 Å². The third kappa shape index (κ3) is 5.89. The largest absolute Gasteiger partial charge is 0.493 e. The number of para-hydroxylation sites is 1. The number of nitrogens with zero attached hydrogens (tertiary/aromatic N) is 1. The van der Waals surface area contributed by atoms with Crippen LogP contribution in [0.15, 0.2) is 71.8 Å². The van der Waals surface area contributed by atoms with Crippen molar-refractivity contribution >= 4 is 41.1 Å². The Morgan fingerprint density at radius 3 is 2.43 bits per heavy atom. The predicted octanol–water partition coefficient (Wildman–Crippen LogP) is 5.74. The second kappa shape index (κ2) is 10.5. The lowest BCUT2D eigenvalue weighted by Gasteiger charge is -2.13. The molecule has 0 fully saturated rings. The Balaban J connectivity index is 1.61. The van der Waals surface area contributed by atoms with Crippen LogP contribution in [0, 0.1) is 0 Å². The summed E-state index contributed by atoms with van der Waals surface area (Å²) in [6.45, 7) is 0.198. The van der Waals surface area contributed by atoms with E-state index < -0.39 is 6.03 Å². The van der Waals surface area contributed by atoms with Gasteiger partial charge in [-0.1, -0.05) is 47.5 Å². The quantitative estimate of drug-likeness (QED) is 0.361. The first-order valence-corrected chi connectivity index (χ1v) is 9.71. The molecule has 0 spiro atoms. The van der Waals surface area contributed by atoms with E-state index >= 15 is 0 Å². The van der Waals surface area contributed by atoms with Crippen LogP contribution in [0.25, 0.3) is 0 Å². The number of anilines is 1. The number of halogens is 2. The molecule has 3 rings (SSSR count). The van der Waals surface area contributed by atoms with Crippen molar-refractivity contribution in [2.45, 2.75) is 6.61 Å². The molecular weight excluding hydrogens is 425 g/mol. The highest BCUT2D eigenvalue weighted by Crippen LogP contribution is 2.31. The molecule has 6 nitrogen and oxygen atoms in total. The van der Waals surface area contributed by atoms with Crippen LogP contribution in [-0.2, 0) is 6.61 Å². The van der Waals surface area contributed by atoms with Crippen LogP contribution in [-0.4, -0.2) is 19.4 Å². The van der Waals surface area contributed by atoms with Crippen LogP contribution >= 0.6 is 23.2 Å². The molecule has 30 heavy (non-hydrogen) atoms. The van der Waals surface area contributed by atoms with E-state index in [1.807, 2.05) is 18.2 Å². The Hall–Kier alpha value is -3.22. The molecule has 0 atom stereocenters. The number of amides is 2. The van der Waals surface area contributed by atoms with Gasteiger partial charge in [0, 0.05) is 21.3 Å². The summed E-state index contributed by atoms with van der Waals surface area (Å²) in [4.78, 5) is 11.9. The molecule has 0 unspecified atom stereocenters. The zero-order valence-electron chi connectivity index (χ0n) is 16.1. The van der Waals surface area contributed by atoms with Gasteiger partial charge in [0.15, 0.2) is 11.5 Å². The van der Waals surface area contributed by atoms with E-state index in [1.54, 1.807) is 48.5 Å². The summed E-state index contributed by atoms with van der Waals surface area (Å²) >= 11 is 12.4. The Kier molecular flexibility index (Phi) is 7.54.